The van der Waals surface area contributed by atoms with E-state index in [9.17, 15) is 14.4 Å². The summed E-state index contributed by atoms with van der Waals surface area (Å²) in [7, 11) is 0. The van der Waals surface area contributed by atoms with Crippen molar-refractivity contribution in [3.8, 4) is 0 Å². The molecular formula is C12H11BrN2O3. The van der Waals surface area contributed by atoms with Gasteiger partial charge in [-0.3, -0.25) is 19.8 Å². The van der Waals surface area contributed by atoms with Crippen LogP contribution in [0.25, 0.3) is 0 Å². The number of benzene rings is 1. The average Bonchev–Trinajstić information content (AvgIpc) is 2.27. The number of carbonyl (C=O) groups excluding carboxylic acids is 3. The number of nitrogens with zero attached hydrogens (tertiary/aromatic N) is 1. The Morgan fingerprint density at radius 2 is 2.06 bits per heavy atom. The number of nitrogens with one attached hydrogen (secondary N) is 1. The largest absolute Gasteiger partial charge is 0.331 e. The highest BCUT2D eigenvalue weighted by Gasteiger charge is 2.34. The quantitative estimate of drug-likeness (QED) is 0.849. The van der Waals surface area contributed by atoms with Crippen molar-refractivity contribution in [2.75, 3.05) is 0 Å². The van der Waals surface area contributed by atoms with Crippen LogP contribution in [0.15, 0.2) is 28.7 Å². The van der Waals surface area contributed by atoms with Gasteiger partial charge in [0, 0.05) is 4.47 Å². The summed E-state index contributed by atoms with van der Waals surface area (Å²) in [4.78, 5) is 35.6. The molecule has 0 bridgehead atoms. The zero-order valence-corrected chi connectivity index (χ0v) is 11.2. The van der Waals surface area contributed by atoms with Crippen LogP contribution in [0.4, 0.5) is 4.79 Å². The van der Waals surface area contributed by atoms with Crippen molar-refractivity contribution in [2.45, 2.75) is 19.4 Å². The summed E-state index contributed by atoms with van der Waals surface area (Å²) in [6.07, 6.45) is -0.288. The second-order valence-electron chi connectivity index (χ2n) is 4.02. The van der Waals surface area contributed by atoms with Crippen molar-refractivity contribution in [1.82, 2.24) is 10.2 Å². The molecule has 18 heavy (non-hydrogen) atoms. The van der Waals surface area contributed by atoms with Crippen LogP contribution >= 0.6 is 15.9 Å². The number of halogens is 1. The molecule has 6 heteroatoms. The highest BCUT2D eigenvalue weighted by Crippen LogP contribution is 2.25. The Hall–Kier alpha value is -1.69. The van der Waals surface area contributed by atoms with E-state index in [1.54, 1.807) is 6.92 Å². The Balaban J connectivity index is 2.28. The van der Waals surface area contributed by atoms with Crippen molar-refractivity contribution in [3.05, 3.63) is 34.3 Å². The second kappa shape index (κ2) is 4.89. The monoisotopic (exact) mass is 310 g/mol. The lowest BCUT2D eigenvalue weighted by Crippen LogP contribution is -2.53. The summed E-state index contributed by atoms with van der Waals surface area (Å²) < 4.78 is 0.868. The fraction of sp³-hybridized carbons (Fsp3) is 0.250. The van der Waals surface area contributed by atoms with Gasteiger partial charge in [0.2, 0.25) is 11.8 Å². The van der Waals surface area contributed by atoms with Crippen molar-refractivity contribution in [3.63, 3.8) is 0 Å². The predicted octanol–water partition coefficient (Wildman–Crippen LogP) is 1.98. The van der Waals surface area contributed by atoms with Crippen LogP contribution in [-0.4, -0.2) is 22.7 Å². The highest BCUT2D eigenvalue weighted by molar-refractivity contribution is 9.10. The van der Waals surface area contributed by atoms with Gasteiger partial charge in [-0.15, -0.1) is 0 Å². The molecule has 1 fully saturated rings. The Labute approximate surface area is 112 Å². The number of rotatable bonds is 2. The maximum Gasteiger partial charge on any atom is 0.331 e. The lowest BCUT2D eigenvalue weighted by molar-refractivity contribution is -0.137. The minimum Gasteiger partial charge on any atom is -0.277 e. The number of hydrogen-bond donors (Lipinski definition) is 1. The van der Waals surface area contributed by atoms with E-state index in [1.807, 2.05) is 24.3 Å². The molecular weight excluding hydrogens is 300 g/mol. The van der Waals surface area contributed by atoms with Crippen LogP contribution in [-0.2, 0) is 9.59 Å². The molecule has 1 aliphatic rings. The number of barbiturate groups is 1. The molecule has 1 aliphatic heterocycles. The van der Waals surface area contributed by atoms with Crippen molar-refractivity contribution in [2.24, 2.45) is 0 Å². The Morgan fingerprint density at radius 1 is 1.33 bits per heavy atom. The van der Waals surface area contributed by atoms with E-state index < -0.39 is 23.9 Å². The molecule has 1 atom stereocenters. The maximum absolute atomic E-state index is 11.7. The van der Waals surface area contributed by atoms with E-state index in [0.717, 1.165) is 14.9 Å². The van der Waals surface area contributed by atoms with E-state index in [1.165, 1.54) is 0 Å². The van der Waals surface area contributed by atoms with Gasteiger partial charge in [-0.25, -0.2) is 4.79 Å². The summed E-state index contributed by atoms with van der Waals surface area (Å²) in [6.45, 7) is 1.75. The molecule has 1 aromatic rings. The van der Waals surface area contributed by atoms with Crippen LogP contribution in [0, 0.1) is 0 Å². The molecule has 94 valence electrons. The molecule has 1 saturated heterocycles. The van der Waals surface area contributed by atoms with Crippen LogP contribution in [0.3, 0.4) is 0 Å². The molecule has 1 unspecified atom stereocenters. The topological polar surface area (TPSA) is 66.5 Å². The number of urea groups is 1. The van der Waals surface area contributed by atoms with E-state index in [-0.39, 0.29) is 6.42 Å². The first-order chi connectivity index (χ1) is 8.49. The van der Waals surface area contributed by atoms with Crippen molar-refractivity contribution < 1.29 is 14.4 Å². The fourth-order valence-corrected chi connectivity index (χ4v) is 2.28. The molecule has 5 nitrogen and oxygen atoms in total. The number of carbonyl (C=O) groups is 3. The number of amides is 4. The zero-order valence-electron chi connectivity index (χ0n) is 9.64. The van der Waals surface area contributed by atoms with Gasteiger partial charge in [0.1, 0.15) is 6.42 Å². The molecule has 2 rings (SSSR count). The zero-order chi connectivity index (χ0) is 13.3. The lowest BCUT2D eigenvalue weighted by atomic mass is 10.1. The van der Waals surface area contributed by atoms with Gasteiger partial charge in [0.05, 0.1) is 6.04 Å². The van der Waals surface area contributed by atoms with Crippen LogP contribution < -0.4 is 5.32 Å². The SMILES string of the molecule is CC(c1cccc(Br)c1)N1C(=O)CC(=O)NC1=O. The first-order valence-corrected chi connectivity index (χ1v) is 6.19. The normalized spacial score (nSPS) is 17.7. The van der Waals surface area contributed by atoms with Gasteiger partial charge in [-0.1, -0.05) is 28.1 Å². The fourth-order valence-electron chi connectivity index (χ4n) is 1.87. The number of imide groups is 2. The molecule has 0 saturated carbocycles. The van der Waals surface area contributed by atoms with E-state index in [0.29, 0.717) is 0 Å². The molecule has 4 amide bonds. The molecule has 0 aromatic heterocycles. The third kappa shape index (κ3) is 2.43. The second-order valence-corrected chi connectivity index (χ2v) is 4.94. The van der Waals surface area contributed by atoms with E-state index in [2.05, 4.69) is 21.2 Å². The minimum atomic E-state index is -0.663. The van der Waals surface area contributed by atoms with E-state index in [4.69, 9.17) is 0 Å². The van der Waals surface area contributed by atoms with Crippen LogP contribution in [0.5, 0.6) is 0 Å². The molecule has 1 aromatic carbocycles. The molecule has 1 N–H and O–H groups in total. The average molecular weight is 311 g/mol. The Kier molecular flexibility index (Phi) is 3.47. The van der Waals surface area contributed by atoms with Gasteiger partial charge in [0.15, 0.2) is 0 Å². The van der Waals surface area contributed by atoms with Crippen LogP contribution in [0.1, 0.15) is 24.9 Å². The summed E-state index contributed by atoms with van der Waals surface area (Å²) in [6, 6.07) is 6.27. The van der Waals surface area contributed by atoms with Crippen LogP contribution in [0.2, 0.25) is 0 Å². The maximum atomic E-state index is 11.7. The summed E-state index contributed by atoms with van der Waals surface area (Å²) in [5.41, 5.74) is 0.822. The summed E-state index contributed by atoms with van der Waals surface area (Å²) >= 11 is 3.34. The van der Waals surface area contributed by atoms with Gasteiger partial charge in [0.25, 0.3) is 0 Å². The third-order valence-electron chi connectivity index (χ3n) is 2.76. The Morgan fingerprint density at radius 3 is 2.67 bits per heavy atom. The smallest absolute Gasteiger partial charge is 0.277 e. The standard InChI is InChI=1S/C12H11BrN2O3/c1-7(8-3-2-4-9(13)5-8)15-11(17)6-10(16)14-12(15)18/h2-5,7H,6H2,1H3,(H,14,16,18). The van der Waals surface area contributed by atoms with Crippen molar-refractivity contribution >= 4 is 33.8 Å². The summed E-state index contributed by atoms with van der Waals surface area (Å²) in [5, 5.41) is 2.14. The molecule has 0 aliphatic carbocycles. The third-order valence-corrected chi connectivity index (χ3v) is 3.26. The predicted molar refractivity (Wildman–Crippen MR) is 67.6 cm³/mol. The van der Waals surface area contributed by atoms with Crippen molar-refractivity contribution in [1.29, 1.82) is 0 Å². The first kappa shape index (κ1) is 12.8. The first-order valence-electron chi connectivity index (χ1n) is 5.40. The lowest BCUT2D eigenvalue weighted by Gasteiger charge is -2.30. The number of hydrogen-bond acceptors (Lipinski definition) is 3. The van der Waals surface area contributed by atoms with Gasteiger partial charge in [-0.05, 0) is 24.6 Å². The Bertz CT molecular complexity index is 510. The molecule has 1 heterocycles. The molecule has 0 radical (unpaired) electrons. The van der Waals surface area contributed by atoms with Gasteiger partial charge < -0.3 is 0 Å². The highest BCUT2D eigenvalue weighted by atomic mass is 79.9. The van der Waals surface area contributed by atoms with Gasteiger partial charge >= 0.3 is 6.03 Å². The minimum absolute atomic E-state index is 0.288. The molecule has 0 spiro atoms. The summed E-state index contributed by atoms with van der Waals surface area (Å²) in [5.74, 6) is -1.03. The van der Waals surface area contributed by atoms with E-state index >= 15 is 0 Å². The van der Waals surface area contributed by atoms with Gasteiger partial charge in [-0.2, -0.15) is 0 Å².